The van der Waals surface area contributed by atoms with Crippen LogP contribution in [0.1, 0.15) is 44.0 Å². The van der Waals surface area contributed by atoms with Gasteiger partial charge >= 0.3 is 6.03 Å². The van der Waals surface area contributed by atoms with E-state index in [4.69, 9.17) is 22.3 Å². The summed E-state index contributed by atoms with van der Waals surface area (Å²) in [5.74, 6) is 1.52. The van der Waals surface area contributed by atoms with Gasteiger partial charge < -0.3 is 20.9 Å². The molecule has 0 unspecified atom stereocenters. The number of urea groups is 1. The Morgan fingerprint density at radius 1 is 1.03 bits per heavy atom. The van der Waals surface area contributed by atoms with Crippen LogP contribution in [-0.2, 0) is 19.5 Å². The maximum atomic E-state index is 12.1. The minimum Gasteiger partial charge on any atom is -0.382 e. The largest absolute Gasteiger partial charge is 0.382 e. The summed E-state index contributed by atoms with van der Waals surface area (Å²) in [5.41, 5.74) is 9.89. The van der Waals surface area contributed by atoms with E-state index in [1.165, 1.54) is 0 Å². The fourth-order valence-corrected chi connectivity index (χ4v) is 4.35. The average Bonchev–Trinajstić information content (AvgIpc) is 3.21. The third-order valence-corrected chi connectivity index (χ3v) is 6.30. The first kappa shape index (κ1) is 23.8. The molecular formula is C26H31ClN6O. The lowest BCUT2D eigenvalue weighted by molar-refractivity contribution is 0.240. The second-order valence-corrected chi connectivity index (χ2v) is 8.81. The number of hydrogen-bond acceptors (Lipinski definition) is 4. The van der Waals surface area contributed by atoms with E-state index < -0.39 is 0 Å². The lowest BCUT2D eigenvalue weighted by Gasteiger charge is -2.12. The van der Waals surface area contributed by atoms with Crippen LogP contribution >= 0.6 is 11.6 Å². The maximum Gasteiger partial charge on any atom is 0.315 e. The summed E-state index contributed by atoms with van der Waals surface area (Å²) in [6, 6.07) is 15.4. The van der Waals surface area contributed by atoms with Crippen LogP contribution in [-0.4, -0.2) is 27.1 Å². The Morgan fingerprint density at radius 3 is 2.65 bits per heavy atom. The van der Waals surface area contributed by atoms with Gasteiger partial charge in [0.05, 0.1) is 11.0 Å². The van der Waals surface area contributed by atoms with E-state index in [2.05, 4.69) is 33.2 Å². The fraction of sp³-hybridized carbons (Fsp3) is 0.346. The van der Waals surface area contributed by atoms with Crippen LogP contribution in [0.15, 0.2) is 48.5 Å². The molecule has 2 heterocycles. The number of para-hydroxylation sites is 1. The van der Waals surface area contributed by atoms with Gasteiger partial charge in [0.1, 0.15) is 11.3 Å². The number of halogens is 1. The fourth-order valence-electron chi connectivity index (χ4n) is 4.15. The van der Waals surface area contributed by atoms with Gasteiger partial charge in [0, 0.05) is 36.5 Å². The van der Waals surface area contributed by atoms with Crippen molar-refractivity contribution in [3.8, 4) is 0 Å². The molecule has 0 fully saturated rings. The predicted molar refractivity (Wildman–Crippen MR) is 139 cm³/mol. The molecule has 2 amide bonds. The molecule has 178 valence electrons. The van der Waals surface area contributed by atoms with Crippen LogP contribution in [0.2, 0.25) is 5.02 Å². The number of pyridine rings is 1. The molecule has 2 aromatic carbocycles. The van der Waals surface area contributed by atoms with Gasteiger partial charge in [0.25, 0.3) is 0 Å². The summed E-state index contributed by atoms with van der Waals surface area (Å²) < 4.78 is 2.29. The molecule has 0 bridgehead atoms. The molecular weight excluding hydrogens is 448 g/mol. The summed E-state index contributed by atoms with van der Waals surface area (Å²) in [6.07, 6.45) is 4.84. The molecule has 0 saturated heterocycles. The number of fused-ring (bicyclic) bond motifs is 3. The van der Waals surface area contributed by atoms with Gasteiger partial charge in [-0.2, -0.15) is 0 Å². The molecule has 7 nitrogen and oxygen atoms in total. The minimum atomic E-state index is -0.193. The maximum absolute atomic E-state index is 12.1. The summed E-state index contributed by atoms with van der Waals surface area (Å²) in [7, 11) is 0. The zero-order valence-electron chi connectivity index (χ0n) is 19.5. The lowest BCUT2D eigenvalue weighted by atomic mass is 10.2. The van der Waals surface area contributed by atoms with Gasteiger partial charge in [-0.25, -0.2) is 14.8 Å². The number of hydrogen-bond donors (Lipinski definition) is 3. The second-order valence-electron chi connectivity index (χ2n) is 8.40. The Hall–Kier alpha value is -3.32. The van der Waals surface area contributed by atoms with Crippen molar-refractivity contribution in [3.05, 3.63) is 64.9 Å². The Kier molecular flexibility index (Phi) is 7.85. The Labute approximate surface area is 204 Å². The third kappa shape index (κ3) is 5.42. The smallest absolute Gasteiger partial charge is 0.315 e. The van der Waals surface area contributed by atoms with Gasteiger partial charge in [-0.05, 0) is 37.0 Å². The van der Waals surface area contributed by atoms with E-state index in [9.17, 15) is 4.79 Å². The number of nitrogens with zero attached hydrogens (tertiary/aromatic N) is 3. The molecule has 4 N–H and O–H groups in total. The van der Waals surface area contributed by atoms with Crippen LogP contribution in [0.5, 0.6) is 0 Å². The van der Waals surface area contributed by atoms with Crippen LogP contribution < -0.4 is 16.4 Å². The Morgan fingerprint density at radius 2 is 1.82 bits per heavy atom. The summed E-state index contributed by atoms with van der Waals surface area (Å²) in [5, 5.41) is 7.50. The van der Waals surface area contributed by atoms with Crippen LogP contribution in [0.3, 0.4) is 0 Å². The van der Waals surface area contributed by atoms with Gasteiger partial charge in [-0.1, -0.05) is 61.3 Å². The molecule has 2 aromatic heterocycles. The first-order valence-corrected chi connectivity index (χ1v) is 12.2. The zero-order chi connectivity index (χ0) is 23.9. The molecule has 34 heavy (non-hydrogen) atoms. The number of amides is 2. The van der Waals surface area contributed by atoms with E-state index in [0.717, 1.165) is 72.0 Å². The number of anilines is 1. The molecule has 0 aliphatic carbocycles. The number of imidazole rings is 1. The number of aryl methyl sites for hydroxylation is 2. The number of aromatic nitrogens is 3. The highest BCUT2D eigenvalue weighted by molar-refractivity contribution is 6.31. The minimum absolute atomic E-state index is 0.193. The molecule has 4 aromatic rings. The number of unbranched alkanes of at least 4 members (excludes halogenated alkanes) is 2. The van der Waals surface area contributed by atoms with E-state index >= 15 is 0 Å². The second kappa shape index (κ2) is 11.2. The van der Waals surface area contributed by atoms with Crippen molar-refractivity contribution < 1.29 is 4.79 Å². The Bertz CT molecular complexity index is 1290. The first-order valence-electron chi connectivity index (χ1n) is 11.9. The predicted octanol–water partition coefficient (Wildman–Crippen LogP) is 5.44. The number of nitrogens with two attached hydrogens (primary N) is 1. The number of rotatable bonds is 10. The van der Waals surface area contributed by atoms with Crippen molar-refractivity contribution in [2.75, 3.05) is 12.3 Å². The number of carbonyl (C=O) groups excluding carboxylic acids is 1. The monoisotopic (exact) mass is 478 g/mol. The standard InChI is InChI=1S/C26H31ClN6O/c1-2-3-14-22-32-23-24(19-11-5-7-13-21(19)31-25(23)28)33(22)16-9-8-15-29-26(34)30-17-18-10-4-6-12-20(18)27/h4-7,10-13H,2-3,8-9,14-17H2,1H3,(H2,28,31)(H2,29,30,34). The van der Waals surface area contributed by atoms with Crippen molar-refractivity contribution in [1.82, 2.24) is 25.2 Å². The molecule has 8 heteroatoms. The van der Waals surface area contributed by atoms with Crippen molar-refractivity contribution >= 4 is 45.4 Å². The van der Waals surface area contributed by atoms with Gasteiger partial charge in [0.2, 0.25) is 0 Å². The third-order valence-electron chi connectivity index (χ3n) is 5.93. The Balaban J connectivity index is 1.38. The number of nitrogens with one attached hydrogen (secondary N) is 2. The molecule has 0 aliphatic rings. The quantitative estimate of drug-likeness (QED) is 0.264. The molecule has 0 radical (unpaired) electrons. The number of carbonyl (C=O) groups is 1. The van der Waals surface area contributed by atoms with Crippen LogP contribution in [0, 0.1) is 0 Å². The van der Waals surface area contributed by atoms with Crippen molar-refractivity contribution in [3.63, 3.8) is 0 Å². The van der Waals surface area contributed by atoms with Crippen LogP contribution in [0.25, 0.3) is 21.9 Å². The van der Waals surface area contributed by atoms with Crippen molar-refractivity contribution in [2.45, 2.75) is 52.1 Å². The van der Waals surface area contributed by atoms with Gasteiger partial charge in [0.15, 0.2) is 5.82 Å². The average molecular weight is 479 g/mol. The summed E-state index contributed by atoms with van der Waals surface area (Å²) >= 11 is 6.14. The molecule has 0 spiro atoms. The van der Waals surface area contributed by atoms with Crippen LogP contribution in [0.4, 0.5) is 10.6 Å². The molecule has 4 rings (SSSR count). The van der Waals surface area contributed by atoms with Gasteiger partial charge in [-0.3, -0.25) is 0 Å². The van der Waals surface area contributed by atoms with Crippen molar-refractivity contribution in [1.29, 1.82) is 0 Å². The van der Waals surface area contributed by atoms with E-state index in [1.54, 1.807) is 0 Å². The lowest BCUT2D eigenvalue weighted by Crippen LogP contribution is -2.35. The highest BCUT2D eigenvalue weighted by atomic mass is 35.5. The number of benzene rings is 2. The summed E-state index contributed by atoms with van der Waals surface area (Å²) in [6.45, 7) is 3.98. The highest BCUT2D eigenvalue weighted by Crippen LogP contribution is 2.29. The first-order chi connectivity index (χ1) is 16.6. The molecule has 0 atom stereocenters. The zero-order valence-corrected chi connectivity index (χ0v) is 20.2. The van der Waals surface area contributed by atoms with E-state index in [0.29, 0.717) is 23.9 Å². The number of nitrogen functional groups attached to an aromatic ring is 1. The van der Waals surface area contributed by atoms with E-state index in [1.807, 2.05) is 42.5 Å². The topological polar surface area (TPSA) is 97.9 Å². The van der Waals surface area contributed by atoms with E-state index in [-0.39, 0.29) is 6.03 Å². The normalized spacial score (nSPS) is 11.2. The summed E-state index contributed by atoms with van der Waals surface area (Å²) in [4.78, 5) is 21.6. The SMILES string of the molecule is CCCCc1nc2c(N)nc3ccccc3c2n1CCCCNC(=O)NCc1ccccc1Cl. The highest BCUT2D eigenvalue weighted by Gasteiger charge is 2.16. The van der Waals surface area contributed by atoms with Gasteiger partial charge in [-0.15, -0.1) is 0 Å². The molecule has 0 saturated carbocycles. The molecule has 0 aliphatic heterocycles. The van der Waals surface area contributed by atoms with Crippen molar-refractivity contribution in [2.24, 2.45) is 0 Å².